The van der Waals surface area contributed by atoms with E-state index in [-0.39, 0.29) is 6.04 Å². The van der Waals surface area contributed by atoms with Crippen LogP contribution in [0.15, 0.2) is 39.8 Å². The molecule has 1 atom stereocenters. The minimum Gasteiger partial charge on any atom is -0.497 e. The minimum absolute atomic E-state index is 0.0610. The van der Waals surface area contributed by atoms with Crippen molar-refractivity contribution in [2.24, 2.45) is 10.7 Å². The molecule has 0 fully saturated rings. The molecule has 0 aliphatic carbocycles. The van der Waals surface area contributed by atoms with E-state index < -0.39 is 0 Å². The van der Waals surface area contributed by atoms with Gasteiger partial charge in [-0.1, -0.05) is 17.7 Å². The lowest BCUT2D eigenvalue weighted by atomic mass is 10.2. The summed E-state index contributed by atoms with van der Waals surface area (Å²) in [6.45, 7) is 0.617. The molecule has 2 heterocycles. The molecular formula is C14H13BrClN3OS. The maximum atomic E-state index is 6.15. The van der Waals surface area contributed by atoms with Gasteiger partial charge in [0.15, 0.2) is 5.96 Å². The largest absolute Gasteiger partial charge is 0.497 e. The Kier molecular flexibility index (Phi) is 4.10. The molecule has 0 amide bonds. The van der Waals surface area contributed by atoms with E-state index in [2.05, 4.69) is 20.9 Å². The Morgan fingerprint density at radius 1 is 1.48 bits per heavy atom. The Hall–Kier alpha value is -1.24. The highest BCUT2D eigenvalue weighted by Gasteiger charge is 2.30. The third-order valence-corrected chi connectivity index (χ3v) is 5.88. The number of rotatable bonds is 3. The number of benzene rings is 1. The van der Waals surface area contributed by atoms with Gasteiger partial charge in [0.2, 0.25) is 0 Å². The number of hydrogen-bond donors (Lipinski definition) is 1. The standard InChI is InChI=1S/C14H13BrClN3OS/c1-20-9-4-2-3-8(5-9)19-11(7-18-14(19)17)12-6-10(15)13(16)21-12/h2-6,11H,7H2,1H3,(H2,17,18). The Bertz CT molecular complexity index is 684. The van der Waals surface area contributed by atoms with E-state index in [4.69, 9.17) is 22.1 Å². The van der Waals surface area contributed by atoms with Crippen LogP contribution in [0.5, 0.6) is 5.75 Å². The molecule has 1 aromatic carbocycles. The third kappa shape index (κ3) is 2.75. The van der Waals surface area contributed by atoms with E-state index in [0.29, 0.717) is 12.5 Å². The summed E-state index contributed by atoms with van der Waals surface area (Å²) in [7, 11) is 1.65. The average Bonchev–Trinajstić information content (AvgIpc) is 3.02. The van der Waals surface area contributed by atoms with Gasteiger partial charge in [-0.2, -0.15) is 0 Å². The van der Waals surface area contributed by atoms with Crippen molar-refractivity contribution in [2.45, 2.75) is 6.04 Å². The normalized spacial score (nSPS) is 18.0. The van der Waals surface area contributed by atoms with Gasteiger partial charge in [0.25, 0.3) is 0 Å². The fraction of sp³-hybridized carbons (Fsp3) is 0.214. The second kappa shape index (κ2) is 5.87. The number of anilines is 1. The number of halogens is 2. The molecule has 110 valence electrons. The van der Waals surface area contributed by atoms with Crippen molar-refractivity contribution in [1.29, 1.82) is 0 Å². The van der Waals surface area contributed by atoms with Gasteiger partial charge in [-0.3, -0.25) is 4.99 Å². The monoisotopic (exact) mass is 385 g/mol. The third-order valence-electron chi connectivity index (χ3n) is 3.31. The Balaban J connectivity index is 1.98. The van der Waals surface area contributed by atoms with Crippen molar-refractivity contribution >= 4 is 50.5 Å². The molecular weight excluding hydrogens is 374 g/mol. The maximum Gasteiger partial charge on any atom is 0.196 e. The zero-order valence-electron chi connectivity index (χ0n) is 11.2. The van der Waals surface area contributed by atoms with Crippen molar-refractivity contribution in [3.8, 4) is 5.75 Å². The van der Waals surface area contributed by atoms with E-state index in [0.717, 1.165) is 25.1 Å². The lowest BCUT2D eigenvalue weighted by Gasteiger charge is -2.25. The quantitative estimate of drug-likeness (QED) is 0.866. The molecule has 4 nitrogen and oxygen atoms in total. The molecule has 3 rings (SSSR count). The SMILES string of the molecule is COc1cccc(N2C(N)=NCC2c2cc(Br)c(Cl)s2)c1. The summed E-state index contributed by atoms with van der Waals surface area (Å²) >= 11 is 11.1. The molecule has 1 aliphatic rings. The molecule has 7 heteroatoms. The van der Waals surface area contributed by atoms with Crippen LogP contribution < -0.4 is 15.4 Å². The van der Waals surface area contributed by atoms with Gasteiger partial charge in [-0.05, 0) is 34.1 Å². The van der Waals surface area contributed by atoms with Crippen molar-refractivity contribution in [3.63, 3.8) is 0 Å². The first kappa shape index (κ1) is 14.7. The molecule has 2 N–H and O–H groups in total. The van der Waals surface area contributed by atoms with Gasteiger partial charge in [0, 0.05) is 21.1 Å². The second-order valence-electron chi connectivity index (χ2n) is 4.56. The minimum atomic E-state index is 0.0610. The molecule has 0 saturated carbocycles. The number of guanidine groups is 1. The topological polar surface area (TPSA) is 50.9 Å². The summed E-state index contributed by atoms with van der Waals surface area (Å²) in [6, 6.07) is 9.87. The van der Waals surface area contributed by atoms with Crippen molar-refractivity contribution in [3.05, 3.63) is 44.0 Å². The Labute approximate surface area is 140 Å². The van der Waals surface area contributed by atoms with Crippen LogP contribution in [0.25, 0.3) is 0 Å². The van der Waals surface area contributed by atoms with E-state index in [9.17, 15) is 0 Å². The van der Waals surface area contributed by atoms with Crippen LogP contribution in [-0.2, 0) is 0 Å². The van der Waals surface area contributed by atoms with Gasteiger partial charge in [0.05, 0.1) is 19.7 Å². The van der Waals surface area contributed by atoms with Gasteiger partial charge >= 0.3 is 0 Å². The highest BCUT2D eigenvalue weighted by Crippen LogP contribution is 2.40. The van der Waals surface area contributed by atoms with Crippen LogP contribution in [0.2, 0.25) is 4.34 Å². The van der Waals surface area contributed by atoms with Gasteiger partial charge < -0.3 is 15.4 Å². The Morgan fingerprint density at radius 3 is 2.95 bits per heavy atom. The first-order chi connectivity index (χ1) is 10.1. The van der Waals surface area contributed by atoms with Crippen LogP contribution in [-0.4, -0.2) is 19.6 Å². The van der Waals surface area contributed by atoms with Crippen LogP contribution in [0.1, 0.15) is 10.9 Å². The molecule has 0 radical (unpaired) electrons. The summed E-state index contributed by atoms with van der Waals surface area (Å²) in [4.78, 5) is 7.51. The van der Waals surface area contributed by atoms with Gasteiger partial charge in [-0.15, -0.1) is 11.3 Å². The number of ether oxygens (including phenoxy) is 1. The average molecular weight is 387 g/mol. The van der Waals surface area contributed by atoms with Gasteiger partial charge in [-0.25, -0.2) is 0 Å². The fourth-order valence-corrected chi connectivity index (χ4v) is 4.13. The summed E-state index contributed by atoms with van der Waals surface area (Å²) in [6.07, 6.45) is 0. The lowest BCUT2D eigenvalue weighted by molar-refractivity contribution is 0.415. The number of methoxy groups -OCH3 is 1. The molecule has 1 unspecified atom stereocenters. The zero-order chi connectivity index (χ0) is 15.0. The van der Waals surface area contributed by atoms with E-state index in [1.807, 2.05) is 35.2 Å². The molecule has 1 aromatic heterocycles. The molecule has 2 aromatic rings. The smallest absolute Gasteiger partial charge is 0.196 e. The predicted molar refractivity (Wildman–Crippen MR) is 91.7 cm³/mol. The lowest BCUT2D eigenvalue weighted by Crippen LogP contribution is -2.35. The highest BCUT2D eigenvalue weighted by molar-refractivity contribution is 9.10. The van der Waals surface area contributed by atoms with Crippen molar-refractivity contribution < 1.29 is 4.74 Å². The maximum absolute atomic E-state index is 6.15. The number of hydrogen-bond acceptors (Lipinski definition) is 5. The number of aliphatic imine (C=N–C) groups is 1. The first-order valence-electron chi connectivity index (χ1n) is 6.28. The van der Waals surface area contributed by atoms with Crippen LogP contribution in [0.3, 0.4) is 0 Å². The van der Waals surface area contributed by atoms with Crippen molar-refractivity contribution in [1.82, 2.24) is 0 Å². The molecule has 1 aliphatic heterocycles. The summed E-state index contributed by atoms with van der Waals surface area (Å²) in [5.74, 6) is 1.30. The highest BCUT2D eigenvalue weighted by atomic mass is 79.9. The van der Waals surface area contributed by atoms with Gasteiger partial charge in [0.1, 0.15) is 10.1 Å². The molecule has 21 heavy (non-hydrogen) atoms. The zero-order valence-corrected chi connectivity index (χ0v) is 14.4. The van der Waals surface area contributed by atoms with Crippen LogP contribution in [0, 0.1) is 0 Å². The molecule has 0 saturated heterocycles. The van der Waals surface area contributed by atoms with Crippen molar-refractivity contribution in [2.75, 3.05) is 18.6 Å². The van der Waals surface area contributed by atoms with E-state index in [1.54, 1.807) is 7.11 Å². The van der Waals surface area contributed by atoms with E-state index >= 15 is 0 Å². The number of nitrogens with two attached hydrogens (primary N) is 1. The number of nitrogens with zero attached hydrogens (tertiary/aromatic N) is 2. The van der Waals surface area contributed by atoms with Crippen LogP contribution >= 0.6 is 38.9 Å². The summed E-state index contributed by atoms with van der Waals surface area (Å²) in [5.41, 5.74) is 7.03. The first-order valence-corrected chi connectivity index (χ1v) is 8.27. The summed E-state index contributed by atoms with van der Waals surface area (Å²) < 4.78 is 6.92. The van der Waals surface area contributed by atoms with E-state index in [1.165, 1.54) is 11.3 Å². The number of thiophene rings is 1. The second-order valence-corrected chi connectivity index (χ2v) is 7.10. The molecule has 0 bridgehead atoms. The summed E-state index contributed by atoms with van der Waals surface area (Å²) in [5, 5.41) is 0. The Morgan fingerprint density at radius 2 is 2.29 bits per heavy atom. The molecule has 0 spiro atoms. The predicted octanol–water partition coefficient (Wildman–Crippen LogP) is 4.05. The fourth-order valence-electron chi connectivity index (χ4n) is 2.31. The van der Waals surface area contributed by atoms with Crippen LogP contribution in [0.4, 0.5) is 5.69 Å².